The molecule has 0 aliphatic carbocycles. The zero-order valence-corrected chi connectivity index (χ0v) is 32.7. The van der Waals surface area contributed by atoms with E-state index in [1.807, 2.05) is 0 Å². The topological polar surface area (TPSA) is 200 Å². The van der Waals surface area contributed by atoms with E-state index in [1.165, 1.54) is 94.8 Å². The highest BCUT2D eigenvalue weighted by atomic mass is 16.6. The second-order valence-corrected chi connectivity index (χ2v) is 14.9. The molecule has 52 heavy (non-hydrogen) atoms. The summed E-state index contributed by atoms with van der Waals surface area (Å²) in [6.07, 6.45) is 20.4. The van der Waals surface area contributed by atoms with Gasteiger partial charge in [-0.25, -0.2) is 0 Å². The summed E-state index contributed by atoms with van der Waals surface area (Å²) < 4.78 is 5.98. The molecule has 7 N–H and O–H groups in total. The highest BCUT2D eigenvalue weighted by Gasteiger charge is 2.58. The molecule has 1 rings (SSSR count). The number of ketones is 1. The van der Waals surface area contributed by atoms with Crippen LogP contribution in [0.4, 0.5) is 0 Å². The van der Waals surface area contributed by atoms with Crippen LogP contribution in [-0.2, 0) is 23.9 Å². The number of carbonyl (C=O) groups is 4. The van der Waals surface area contributed by atoms with Crippen molar-refractivity contribution < 1.29 is 44.3 Å². The second-order valence-electron chi connectivity index (χ2n) is 14.9. The van der Waals surface area contributed by atoms with Crippen LogP contribution >= 0.6 is 0 Å². The van der Waals surface area contributed by atoms with Crippen LogP contribution in [0.2, 0.25) is 0 Å². The van der Waals surface area contributed by atoms with Gasteiger partial charge in [0.1, 0.15) is 18.1 Å². The fourth-order valence-corrected chi connectivity index (χ4v) is 7.13. The number of carbonyl (C=O) groups excluding carboxylic acids is 3. The van der Waals surface area contributed by atoms with Crippen molar-refractivity contribution in [3.8, 4) is 0 Å². The number of aliphatic hydroxyl groups is 3. The van der Waals surface area contributed by atoms with E-state index in [-0.39, 0.29) is 25.3 Å². The molecule has 0 spiro atoms. The molecule has 12 heteroatoms. The molecule has 304 valence electrons. The van der Waals surface area contributed by atoms with Crippen molar-refractivity contribution in [1.82, 2.24) is 10.2 Å². The largest absolute Gasteiger partial charge is 0.481 e. The number of Topliss-reactive ketones (excluding diaryl/α,β-unsaturated/α-hetero) is 1. The smallest absolute Gasteiger partial charge is 0.303 e. The van der Waals surface area contributed by atoms with E-state index in [2.05, 4.69) is 19.2 Å². The first kappa shape index (κ1) is 47.9. The molecule has 5 atom stereocenters. The highest BCUT2D eigenvalue weighted by Crippen LogP contribution is 2.36. The Balaban J connectivity index is 2.93. The van der Waals surface area contributed by atoms with Gasteiger partial charge in [-0.05, 0) is 12.8 Å². The molecule has 0 aromatic rings. The summed E-state index contributed by atoms with van der Waals surface area (Å²) in [6, 6.07) is 0. The van der Waals surface area contributed by atoms with Crippen molar-refractivity contribution in [1.29, 1.82) is 0 Å². The van der Waals surface area contributed by atoms with Crippen molar-refractivity contribution in [3.63, 3.8) is 0 Å². The fourth-order valence-electron chi connectivity index (χ4n) is 7.13. The number of nitrogens with zero attached hydrogens (tertiary/aromatic N) is 1. The molecule has 0 aromatic heterocycles. The number of carboxylic acid groups (broad SMARTS) is 1. The predicted molar refractivity (Wildman–Crippen MR) is 203 cm³/mol. The molecule has 1 heterocycles. The zero-order valence-electron chi connectivity index (χ0n) is 32.7. The van der Waals surface area contributed by atoms with E-state index >= 15 is 0 Å². The van der Waals surface area contributed by atoms with E-state index in [1.54, 1.807) is 0 Å². The Morgan fingerprint density at radius 2 is 1.10 bits per heavy atom. The Bertz CT molecular complexity index is 984. The lowest BCUT2D eigenvalue weighted by Gasteiger charge is -2.52. The number of unbranched alkanes of at least 4 members (excludes halogenated alkanes) is 21. The van der Waals surface area contributed by atoms with E-state index < -0.39 is 67.3 Å². The standard InChI is InChI=1S/C40H75N3O9/c1-3-5-7-9-11-13-15-17-19-21-23-25-29-43(35(47)26-24-22-20-18-16-14-12-10-8-6-4-2)40(41)37(39(51)38(50)33(31-44)52-40)32(45)30-42-34(46)27-28-36(48)49/h33,37-39,44,50-51H,3-31,41H2,1-2H3,(H,42,46)(H,48,49)/t33-,37-,38+,39-,40+/m1/s1. The number of rotatable bonds is 33. The maximum Gasteiger partial charge on any atom is 0.303 e. The summed E-state index contributed by atoms with van der Waals surface area (Å²) in [5.74, 6) is -6.80. The molecule has 0 saturated carbocycles. The van der Waals surface area contributed by atoms with Crippen LogP contribution in [0.3, 0.4) is 0 Å². The summed E-state index contributed by atoms with van der Waals surface area (Å²) in [4.78, 5) is 51.9. The molecule has 1 aliphatic heterocycles. The van der Waals surface area contributed by atoms with Crippen LogP contribution in [0.5, 0.6) is 0 Å². The highest BCUT2D eigenvalue weighted by molar-refractivity contribution is 5.90. The summed E-state index contributed by atoms with van der Waals surface area (Å²) in [5, 5.41) is 43.2. The van der Waals surface area contributed by atoms with Crippen molar-refractivity contribution in [3.05, 3.63) is 0 Å². The van der Waals surface area contributed by atoms with Gasteiger partial charge in [0.15, 0.2) is 5.78 Å². The fraction of sp³-hybridized carbons (Fsp3) is 0.900. The quantitative estimate of drug-likeness (QED) is 0.0337. The Hall–Kier alpha value is -2.12. The van der Waals surface area contributed by atoms with Gasteiger partial charge in [0.25, 0.3) is 0 Å². The molecule has 12 nitrogen and oxygen atoms in total. The van der Waals surface area contributed by atoms with Crippen molar-refractivity contribution in [2.24, 2.45) is 11.7 Å². The van der Waals surface area contributed by atoms with E-state index in [9.17, 15) is 34.5 Å². The average molecular weight is 742 g/mol. The summed E-state index contributed by atoms with van der Waals surface area (Å²) >= 11 is 0. The molecule has 0 bridgehead atoms. The number of aliphatic carboxylic acids is 1. The minimum absolute atomic E-state index is 0.153. The van der Waals surface area contributed by atoms with Gasteiger partial charge in [0, 0.05) is 19.4 Å². The lowest BCUT2D eigenvalue weighted by Crippen LogP contribution is -2.75. The van der Waals surface area contributed by atoms with Gasteiger partial charge in [-0.1, -0.05) is 149 Å². The number of carboxylic acids is 1. The molecule has 0 aromatic carbocycles. The van der Waals surface area contributed by atoms with Gasteiger partial charge in [0.05, 0.1) is 25.7 Å². The van der Waals surface area contributed by atoms with Gasteiger partial charge >= 0.3 is 5.97 Å². The first-order valence-corrected chi connectivity index (χ1v) is 20.8. The first-order chi connectivity index (χ1) is 25.0. The van der Waals surface area contributed by atoms with E-state index in [4.69, 9.17) is 15.6 Å². The SMILES string of the molecule is CCCCCCCCCCCCCCN(C(=O)CCCCCCCCCCCCC)[C@]1(N)O[C@H](CO)[C@H](O)[C@H](O)[C@H]1C(=O)CNC(=O)CCC(=O)O. The van der Waals surface area contributed by atoms with Crippen LogP contribution in [0.1, 0.15) is 181 Å². The Morgan fingerprint density at radius 3 is 1.54 bits per heavy atom. The summed E-state index contributed by atoms with van der Waals surface area (Å²) in [6.45, 7) is 3.27. The van der Waals surface area contributed by atoms with E-state index in [0.29, 0.717) is 12.8 Å². The Morgan fingerprint density at radius 1 is 0.654 bits per heavy atom. The Kier molecular flexibility index (Phi) is 27.0. The third-order valence-electron chi connectivity index (χ3n) is 10.4. The lowest BCUT2D eigenvalue weighted by atomic mass is 9.82. The molecule has 1 aliphatic rings. The number of ether oxygens (including phenoxy) is 1. The predicted octanol–water partition coefficient (Wildman–Crippen LogP) is 6.11. The summed E-state index contributed by atoms with van der Waals surface area (Å²) in [5.41, 5.74) is 6.83. The molecular weight excluding hydrogens is 666 g/mol. The normalized spacial score (nSPS) is 21.6. The molecule has 2 amide bonds. The monoisotopic (exact) mass is 742 g/mol. The number of hydrogen-bond acceptors (Lipinski definition) is 9. The number of hydrogen-bond donors (Lipinski definition) is 6. The van der Waals surface area contributed by atoms with Crippen molar-refractivity contribution >= 4 is 23.6 Å². The second kappa shape index (κ2) is 29.3. The summed E-state index contributed by atoms with van der Waals surface area (Å²) in [7, 11) is 0. The van der Waals surface area contributed by atoms with Crippen molar-refractivity contribution in [2.75, 3.05) is 19.7 Å². The first-order valence-electron chi connectivity index (χ1n) is 20.8. The molecule has 1 fully saturated rings. The Labute approximate surface area is 314 Å². The third-order valence-corrected chi connectivity index (χ3v) is 10.4. The lowest BCUT2D eigenvalue weighted by molar-refractivity contribution is -0.291. The van der Waals surface area contributed by atoms with Gasteiger partial charge in [-0.2, -0.15) is 0 Å². The van der Waals surface area contributed by atoms with Crippen molar-refractivity contribution in [2.45, 2.75) is 205 Å². The maximum absolute atomic E-state index is 13.9. The van der Waals surface area contributed by atoms with Gasteiger partial charge in [-0.3, -0.25) is 24.9 Å². The third kappa shape index (κ3) is 19.3. The van der Waals surface area contributed by atoms with Crippen LogP contribution < -0.4 is 11.1 Å². The van der Waals surface area contributed by atoms with Crippen LogP contribution in [-0.4, -0.2) is 92.8 Å². The number of amides is 2. The maximum atomic E-state index is 13.9. The zero-order chi connectivity index (χ0) is 38.6. The minimum Gasteiger partial charge on any atom is -0.481 e. The molecule has 0 radical (unpaired) electrons. The van der Waals surface area contributed by atoms with Gasteiger partial charge < -0.3 is 35.4 Å². The average Bonchev–Trinajstić information content (AvgIpc) is 3.12. The van der Waals surface area contributed by atoms with Crippen LogP contribution in [0.25, 0.3) is 0 Å². The number of nitrogens with two attached hydrogens (primary N) is 1. The molecule has 1 saturated heterocycles. The van der Waals surface area contributed by atoms with Gasteiger partial charge in [0.2, 0.25) is 17.7 Å². The number of aliphatic hydroxyl groups excluding tert-OH is 3. The molecular formula is C40H75N3O9. The minimum atomic E-state index is -2.19. The number of nitrogens with one attached hydrogen (secondary N) is 1. The van der Waals surface area contributed by atoms with Crippen LogP contribution in [0.15, 0.2) is 0 Å². The molecule has 0 unspecified atom stereocenters. The van der Waals surface area contributed by atoms with Gasteiger partial charge in [-0.15, -0.1) is 0 Å². The van der Waals surface area contributed by atoms with E-state index in [0.717, 1.165) is 44.9 Å². The van der Waals surface area contributed by atoms with Crippen LogP contribution in [0, 0.1) is 5.92 Å².